The Balaban J connectivity index is 2.07. The van der Waals surface area contributed by atoms with Crippen LogP contribution < -0.4 is 0 Å². The van der Waals surface area contributed by atoms with Crippen LogP contribution in [0, 0.1) is 0 Å². The van der Waals surface area contributed by atoms with E-state index in [-0.39, 0.29) is 0 Å². The monoisotopic (exact) mass is 304 g/mol. The van der Waals surface area contributed by atoms with Gasteiger partial charge in [-0.15, -0.1) is 0 Å². The first kappa shape index (κ1) is 13.3. The van der Waals surface area contributed by atoms with Gasteiger partial charge in [-0.2, -0.15) is 0 Å². The van der Waals surface area contributed by atoms with E-state index in [9.17, 15) is 0 Å². The van der Waals surface area contributed by atoms with Crippen LogP contribution in [0.3, 0.4) is 0 Å². The summed E-state index contributed by atoms with van der Waals surface area (Å²) in [5.74, 6) is 0. The van der Waals surface area contributed by atoms with E-state index in [0.717, 1.165) is 10.5 Å². The van der Waals surface area contributed by atoms with Gasteiger partial charge >= 0.3 is 0 Å². The molecule has 0 unspecified atom stereocenters. The number of rotatable bonds is 2. The number of aromatic nitrogens is 2. The van der Waals surface area contributed by atoms with Crippen molar-refractivity contribution in [3.05, 3.63) is 66.3 Å². The third-order valence-electron chi connectivity index (χ3n) is 3.92. The highest BCUT2D eigenvalue weighted by Gasteiger charge is 2.11. The van der Waals surface area contributed by atoms with Crippen LogP contribution in [0.1, 0.15) is 19.4 Å². The summed E-state index contributed by atoms with van der Waals surface area (Å²) >= 11 is 1.74. The van der Waals surface area contributed by atoms with Crippen LogP contribution >= 0.6 is 11.3 Å². The second-order valence-corrected chi connectivity index (χ2v) is 6.26. The summed E-state index contributed by atoms with van der Waals surface area (Å²) in [6, 6.07) is 15.0. The maximum absolute atomic E-state index is 4.74. The quantitative estimate of drug-likeness (QED) is 0.435. The van der Waals surface area contributed by atoms with Crippen LogP contribution in [0.5, 0.6) is 0 Å². The predicted octanol–water partition coefficient (Wildman–Crippen LogP) is 5.68. The third kappa shape index (κ3) is 1.90. The zero-order valence-electron chi connectivity index (χ0n) is 12.6. The lowest BCUT2D eigenvalue weighted by Gasteiger charge is -2.03. The highest BCUT2D eigenvalue weighted by Crippen LogP contribution is 2.32. The summed E-state index contributed by atoms with van der Waals surface area (Å²) in [6.45, 7) is 4.13. The minimum atomic E-state index is 1.06. The van der Waals surface area contributed by atoms with Gasteiger partial charge in [0.15, 0.2) is 4.96 Å². The standard InChI is InChI=1S/C19H16N2S/c1-3-7-13(4-2)14-10-11-18-17(12-14)21-16-9-6-5-8-15(16)20-19(21)22-18/h3-12H,1-2H3. The summed E-state index contributed by atoms with van der Waals surface area (Å²) in [5, 5.41) is 0. The Labute approximate surface area is 133 Å². The lowest BCUT2D eigenvalue weighted by Crippen LogP contribution is -1.84. The second-order valence-electron chi connectivity index (χ2n) is 5.25. The zero-order chi connectivity index (χ0) is 15.1. The molecule has 0 saturated carbocycles. The van der Waals surface area contributed by atoms with Crippen molar-refractivity contribution in [2.24, 2.45) is 0 Å². The Bertz CT molecular complexity index is 1050. The molecule has 108 valence electrons. The van der Waals surface area contributed by atoms with Crippen molar-refractivity contribution in [3.8, 4) is 0 Å². The molecule has 0 amide bonds. The fourth-order valence-corrected chi connectivity index (χ4v) is 3.92. The SMILES string of the molecule is CC=CC(=CC)c1ccc2sc3nc4ccccc4n3c2c1. The van der Waals surface area contributed by atoms with Crippen molar-refractivity contribution in [1.29, 1.82) is 0 Å². The molecule has 4 aromatic rings. The van der Waals surface area contributed by atoms with Gasteiger partial charge in [-0.25, -0.2) is 4.98 Å². The molecule has 0 radical (unpaired) electrons. The minimum absolute atomic E-state index is 1.06. The molecule has 2 heterocycles. The normalized spacial score (nSPS) is 13.1. The Hall–Kier alpha value is -2.39. The molecule has 0 spiro atoms. The number of para-hydroxylation sites is 2. The van der Waals surface area contributed by atoms with Gasteiger partial charge in [0.2, 0.25) is 0 Å². The average molecular weight is 304 g/mol. The molecule has 0 saturated heterocycles. The van der Waals surface area contributed by atoms with Gasteiger partial charge in [-0.3, -0.25) is 4.40 Å². The van der Waals surface area contributed by atoms with Gasteiger partial charge < -0.3 is 0 Å². The molecule has 0 N–H and O–H groups in total. The van der Waals surface area contributed by atoms with Gasteiger partial charge in [-0.1, -0.05) is 47.8 Å². The summed E-state index contributed by atoms with van der Waals surface area (Å²) < 4.78 is 3.54. The number of allylic oxidation sites excluding steroid dienone is 4. The van der Waals surface area contributed by atoms with Gasteiger partial charge in [0.25, 0.3) is 0 Å². The number of imidazole rings is 1. The van der Waals surface area contributed by atoms with E-state index in [0.29, 0.717) is 0 Å². The number of hydrogen-bond donors (Lipinski definition) is 0. The third-order valence-corrected chi connectivity index (χ3v) is 4.94. The Morgan fingerprint density at radius 3 is 2.77 bits per heavy atom. The summed E-state index contributed by atoms with van der Waals surface area (Å²) in [7, 11) is 0. The minimum Gasteiger partial charge on any atom is -0.283 e. The number of thiazole rings is 1. The number of hydrogen-bond acceptors (Lipinski definition) is 2. The molecule has 2 aromatic carbocycles. The van der Waals surface area contributed by atoms with Gasteiger partial charge in [-0.05, 0) is 49.2 Å². The van der Waals surface area contributed by atoms with Crippen molar-refractivity contribution in [2.75, 3.05) is 0 Å². The van der Waals surface area contributed by atoms with E-state index in [4.69, 9.17) is 4.98 Å². The zero-order valence-corrected chi connectivity index (χ0v) is 13.4. The van der Waals surface area contributed by atoms with E-state index in [1.54, 1.807) is 11.3 Å². The molecule has 0 bridgehead atoms. The van der Waals surface area contributed by atoms with Crippen molar-refractivity contribution in [3.63, 3.8) is 0 Å². The molecule has 2 aromatic heterocycles. The smallest absolute Gasteiger partial charge is 0.195 e. The van der Waals surface area contributed by atoms with Crippen LogP contribution in [0.15, 0.2) is 60.7 Å². The van der Waals surface area contributed by atoms with Gasteiger partial charge in [0, 0.05) is 0 Å². The molecule has 0 aliphatic carbocycles. The van der Waals surface area contributed by atoms with Gasteiger partial charge in [0.05, 0.1) is 21.3 Å². The maximum Gasteiger partial charge on any atom is 0.195 e. The summed E-state index contributed by atoms with van der Waals surface area (Å²) in [6.07, 6.45) is 6.38. The summed E-state index contributed by atoms with van der Waals surface area (Å²) in [5.41, 5.74) is 5.95. The fraction of sp³-hybridized carbons (Fsp3) is 0.105. The molecule has 22 heavy (non-hydrogen) atoms. The number of benzene rings is 2. The van der Waals surface area contributed by atoms with E-state index in [1.165, 1.54) is 26.9 Å². The Morgan fingerprint density at radius 2 is 1.95 bits per heavy atom. The highest BCUT2D eigenvalue weighted by molar-refractivity contribution is 7.23. The largest absolute Gasteiger partial charge is 0.283 e. The molecule has 0 aliphatic rings. The predicted molar refractivity (Wildman–Crippen MR) is 96.5 cm³/mol. The molecule has 4 rings (SSSR count). The van der Waals surface area contributed by atoms with Crippen LogP contribution in [0.25, 0.3) is 31.8 Å². The highest BCUT2D eigenvalue weighted by atomic mass is 32.1. The second kappa shape index (κ2) is 5.11. The average Bonchev–Trinajstić information content (AvgIpc) is 3.07. The molecule has 0 aliphatic heterocycles. The summed E-state index contributed by atoms with van der Waals surface area (Å²) in [4.78, 5) is 5.79. The topological polar surface area (TPSA) is 17.3 Å². The number of nitrogens with zero attached hydrogens (tertiary/aromatic N) is 2. The Kier molecular flexibility index (Phi) is 3.09. The lowest BCUT2D eigenvalue weighted by atomic mass is 10.0. The van der Waals surface area contributed by atoms with Gasteiger partial charge in [0.1, 0.15) is 0 Å². The fourth-order valence-electron chi connectivity index (χ4n) is 2.90. The molecule has 0 fully saturated rings. The first-order valence-corrected chi connectivity index (χ1v) is 8.22. The van der Waals surface area contributed by atoms with Crippen molar-refractivity contribution in [1.82, 2.24) is 9.38 Å². The van der Waals surface area contributed by atoms with Crippen molar-refractivity contribution >= 4 is 43.1 Å². The van der Waals surface area contributed by atoms with E-state index < -0.39 is 0 Å². The molecule has 2 nitrogen and oxygen atoms in total. The van der Waals surface area contributed by atoms with Crippen molar-refractivity contribution in [2.45, 2.75) is 13.8 Å². The molecular weight excluding hydrogens is 288 g/mol. The van der Waals surface area contributed by atoms with Crippen LogP contribution in [-0.4, -0.2) is 9.38 Å². The first-order chi connectivity index (χ1) is 10.8. The van der Waals surface area contributed by atoms with E-state index in [1.807, 2.05) is 13.0 Å². The van der Waals surface area contributed by atoms with E-state index >= 15 is 0 Å². The van der Waals surface area contributed by atoms with Crippen LogP contribution in [-0.2, 0) is 0 Å². The van der Waals surface area contributed by atoms with Crippen molar-refractivity contribution < 1.29 is 0 Å². The lowest BCUT2D eigenvalue weighted by molar-refractivity contribution is 1.34. The van der Waals surface area contributed by atoms with Crippen LogP contribution in [0.2, 0.25) is 0 Å². The van der Waals surface area contributed by atoms with E-state index in [2.05, 4.69) is 66.0 Å². The Morgan fingerprint density at radius 1 is 1.09 bits per heavy atom. The van der Waals surface area contributed by atoms with Crippen LogP contribution in [0.4, 0.5) is 0 Å². The molecular formula is C19H16N2S. The number of fused-ring (bicyclic) bond motifs is 5. The molecule has 0 atom stereocenters. The first-order valence-electron chi connectivity index (χ1n) is 7.41. The molecule has 3 heteroatoms. The maximum atomic E-state index is 4.74.